The second kappa shape index (κ2) is 6.88. The molecule has 110 valence electrons. The van der Waals surface area contributed by atoms with Gasteiger partial charge in [0.25, 0.3) is 11.6 Å². The molecule has 6 nitrogen and oxygen atoms in total. The molecule has 0 aromatic heterocycles. The molecule has 1 amide bonds. The zero-order chi connectivity index (χ0) is 14.0. The summed E-state index contributed by atoms with van der Waals surface area (Å²) in [5.41, 5.74) is -0.293. The zero-order valence-corrected chi connectivity index (χ0v) is 12.4. The van der Waals surface area contributed by atoms with Gasteiger partial charge >= 0.3 is 0 Å². The van der Waals surface area contributed by atoms with Crippen molar-refractivity contribution >= 4 is 35.6 Å². The Hall–Kier alpha value is -1.37. The Bertz CT molecular complexity index is 519. The topological polar surface area (TPSA) is 75.5 Å². The predicted octanol–water partition coefficient (Wildman–Crippen LogP) is 2.10. The van der Waals surface area contributed by atoms with E-state index < -0.39 is 10.8 Å². The monoisotopic (exact) mass is 319 g/mol. The van der Waals surface area contributed by atoms with Crippen LogP contribution in [0.25, 0.3) is 0 Å². The zero-order valence-electron chi connectivity index (χ0n) is 10.8. The number of hydrogen-bond donors (Lipinski definition) is 1. The van der Waals surface area contributed by atoms with Crippen LogP contribution in [0.3, 0.4) is 0 Å². The summed E-state index contributed by atoms with van der Waals surface area (Å²) in [5, 5.41) is 14.2. The maximum absolute atomic E-state index is 12.4. The Kier molecular flexibility index (Phi) is 5.74. The maximum Gasteiger partial charge on any atom is 0.283 e. The van der Waals surface area contributed by atoms with Gasteiger partial charge in [-0.2, -0.15) is 0 Å². The third kappa shape index (κ3) is 3.20. The lowest BCUT2D eigenvalue weighted by Crippen LogP contribution is -2.38. The predicted molar refractivity (Wildman–Crippen MR) is 78.7 cm³/mol. The number of benzene rings is 1. The van der Waals surface area contributed by atoms with Gasteiger partial charge in [-0.05, 0) is 19.0 Å². The maximum atomic E-state index is 12.4. The van der Waals surface area contributed by atoms with Crippen molar-refractivity contribution in [1.29, 1.82) is 0 Å². The van der Waals surface area contributed by atoms with Crippen LogP contribution in [0.15, 0.2) is 18.2 Å². The van der Waals surface area contributed by atoms with Crippen LogP contribution >= 0.6 is 24.0 Å². The van der Waals surface area contributed by atoms with Gasteiger partial charge in [-0.25, -0.2) is 0 Å². The highest BCUT2D eigenvalue weighted by atomic mass is 35.5. The number of nitrogens with zero attached hydrogens (tertiary/aromatic N) is 2. The molecule has 0 saturated carbocycles. The fourth-order valence-corrected chi connectivity index (χ4v) is 2.44. The molecule has 20 heavy (non-hydrogen) atoms. The molecule has 1 heterocycles. The molecular weight excluding hydrogens is 305 g/mol. The minimum atomic E-state index is -0.583. The Morgan fingerprint density at radius 1 is 1.55 bits per heavy atom. The number of nitrogens with one attached hydrogen (secondary N) is 1. The molecule has 1 fully saturated rings. The molecule has 0 radical (unpaired) electrons. The van der Waals surface area contributed by atoms with E-state index in [0.717, 1.165) is 13.0 Å². The number of halogens is 2. The molecule has 0 spiro atoms. The first-order chi connectivity index (χ1) is 9.02. The molecule has 1 aromatic rings. The summed E-state index contributed by atoms with van der Waals surface area (Å²) in [7, 11) is 1.65. The van der Waals surface area contributed by atoms with Gasteiger partial charge in [-0.15, -0.1) is 12.4 Å². The average Bonchev–Trinajstić information content (AvgIpc) is 2.90. The van der Waals surface area contributed by atoms with Crippen LogP contribution in [0.1, 0.15) is 16.8 Å². The van der Waals surface area contributed by atoms with Crippen molar-refractivity contribution in [3.63, 3.8) is 0 Å². The largest absolute Gasteiger partial charge is 0.337 e. The highest BCUT2D eigenvalue weighted by Crippen LogP contribution is 2.28. The van der Waals surface area contributed by atoms with E-state index in [1.54, 1.807) is 7.05 Å². The van der Waals surface area contributed by atoms with E-state index in [-0.39, 0.29) is 34.7 Å². The normalized spacial score (nSPS) is 17.4. The number of rotatable bonds is 3. The molecule has 1 aliphatic heterocycles. The molecule has 1 atom stereocenters. The van der Waals surface area contributed by atoms with E-state index in [4.69, 9.17) is 11.6 Å². The molecule has 1 aromatic carbocycles. The lowest BCUT2D eigenvalue weighted by molar-refractivity contribution is -0.385. The third-order valence-electron chi connectivity index (χ3n) is 3.30. The van der Waals surface area contributed by atoms with Gasteiger partial charge in [0, 0.05) is 25.7 Å². The quantitative estimate of drug-likeness (QED) is 0.683. The number of nitro groups is 1. The molecule has 1 N–H and O–H groups in total. The standard InChI is InChI=1S/C12H14ClN3O3.ClH/c1-15(8-5-6-14-7-8)12(17)11-9(13)3-2-4-10(11)16(18)19;/h2-4,8,14H,5-7H2,1H3;1H. The number of likely N-dealkylation sites (N-methyl/N-ethyl adjacent to an activating group) is 1. The van der Waals surface area contributed by atoms with Crippen molar-refractivity contribution in [3.05, 3.63) is 38.9 Å². The molecule has 1 saturated heterocycles. The van der Waals surface area contributed by atoms with E-state index in [1.165, 1.54) is 23.1 Å². The van der Waals surface area contributed by atoms with E-state index >= 15 is 0 Å². The van der Waals surface area contributed by atoms with Crippen LogP contribution in [-0.4, -0.2) is 41.9 Å². The third-order valence-corrected chi connectivity index (χ3v) is 3.62. The van der Waals surface area contributed by atoms with Gasteiger partial charge in [0.2, 0.25) is 0 Å². The van der Waals surface area contributed by atoms with Crippen LogP contribution in [0, 0.1) is 10.1 Å². The van der Waals surface area contributed by atoms with Crippen LogP contribution < -0.4 is 5.32 Å². The smallest absolute Gasteiger partial charge is 0.283 e. The van der Waals surface area contributed by atoms with Crippen LogP contribution in [0.5, 0.6) is 0 Å². The highest BCUT2D eigenvalue weighted by molar-refractivity contribution is 6.34. The Morgan fingerprint density at radius 2 is 2.25 bits per heavy atom. The molecular formula is C12H15Cl2N3O3. The van der Waals surface area contributed by atoms with Crippen molar-refractivity contribution in [2.75, 3.05) is 20.1 Å². The van der Waals surface area contributed by atoms with Gasteiger partial charge in [-0.3, -0.25) is 14.9 Å². The van der Waals surface area contributed by atoms with E-state index in [9.17, 15) is 14.9 Å². The summed E-state index contributed by atoms with van der Waals surface area (Å²) >= 11 is 5.95. The minimum absolute atomic E-state index is 0. The molecule has 1 aliphatic rings. The van der Waals surface area contributed by atoms with Gasteiger partial charge < -0.3 is 10.2 Å². The molecule has 8 heteroatoms. The Labute approximate surface area is 127 Å². The number of nitro benzene ring substituents is 1. The van der Waals surface area contributed by atoms with Crippen molar-refractivity contribution in [1.82, 2.24) is 10.2 Å². The Morgan fingerprint density at radius 3 is 2.80 bits per heavy atom. The average molecular weight is 320 g/mol. The van der Waals surface area contributed by atoms with Crippen LogP contribution in [0.2, 0.25) is 5.02 Å². The first-order valence-electron chi connectivity index (χ1n) is 5.93. The van der Waals surface area contributed by atoms with E-state index in [0.29, 0.717) is 6.54 Å². The lowest BCUT2D eigenvalue weighted by atomic mass is 10.1. The number of hydrogen-bond acceptors (Lipinski definition) is 4. The van der Waals surface area contributed by atoms with Crippen LogP contribution in [-0.2, 0) is 0 Å². The summed E-state index contributed by atoms with van der Waals surface area (Å²) in [6.07, 6.45) is 0.834. The van der Waals surface area contributed by atoms with Gasteiger partial charge in [0.1, 0.15) is 5.56 Å². The highest BCUT2D eigenvalue weighted by Gasteiger charge is 2.30. The minimum Gasteiger partial charge on any atom is -0.337 e. The summed E-state index contributed by atoms with van der Waals surface area (Å²) in [6.45, 7) is 1.54. The SMILES string of the molecule is CN(C(=O)c1c(Cl)cccc1[N+](=O)[O-])C1CCNC1.Cl. The molecule has 0 aliphatic carbocycles. The summed E-state index contributed by atoms with van der Waals surface area (Å²) < 4.78 is 0. The summed E-state index contributed by atoms with van der Waals surface area (Å²) in [5.74, 6) is -0.411. The van der Waals surface area contributed by atoms with Crippen molar-refractivity contribution < 1.29 is 9.72 Å². The Balaban J connectivity index is 0.00000200. The fourth-order valence-electron chi connectivity index (χ4n) is 2.19. The van der Waals surface area contributed by atoms with Gasteiger partial charge in [0.15, 0.2) is 0 Å². The van der Waals surface area contributed by atoms with Crippen LogP contribution in [0.4, 0.5) is 5.69 Å². The van der Waals surface area contributed by atoms with E-state index in [2.05, 4.69) is 5.32 Å². The van der Waals surface area contributed by atoms with Crippen molar-refractivity contribution in [2.45, 2.75) is 12.5 Å². The fraction of sp³-hybridized carbons (Fsp3) is 0.417. The van der Waals surface area contributed by atoms with E-state index in [1.807, 2.05) is 0 Å². The molecule has 2 rings (SSSR count). The molecule has 1 unspecified atom stereocenters. The summed E-state index contributed by atoms with van der Waals surface area (Å²) in [6, 6.07) is 4.29. The van der Waals surface area contributed by atoms with Crippen molar-refractivity contribution in [3.8, 4) is 0 Å². The van der Waals surface area contributed by atoms with Gasteiger partial charge in [-0.1, -0.05) is 17.7 Å². The van der Waals surface area contributed by atoms with Crippen molar-refractivity contribution in [2.24, 2.45) is 0 Å². The lowest BCUT2D eigenvalue weighted by Gasteiger charge is -2.24. The summed E-state index contributed by atoms with van der Waals surface area (Å²) in [4.78, 5) is 24.3. The second-order valence-corrected chi connectivity index (χ2v) is 4.86. The number of carbonyl (C=O) groups is 1. The number of carbonyl (C=O) groups excluding carboxylic acids is 1. The first kappa shape index (κ1) is 16.7. The number of amides is 1. The second-order valence-electron chi connectivity index (χ2n) is 4.45. The van der Waals surface area contributed by atoms with Gasteiger partial charge in [0.05, 0.1) is 9.95 Å². The molecule has 0 bridgehead atoms. The first-order valence-corrected chi connectivity index (χ1v) is 6.31.